The first-order valence-corrected chi connectivity index (χ1v) is 8.93. The van der Waals surface area contributed by atoms with Gasteiger partial charge >= 0.3 is 0 Å². The van der Waals surface area contributed by atoms with Crippen LogP contribution in [0.5, 0.6) is 0 Å². The number of aryl methyl sites for hydroxylation is 1. The zero-order chi connectivity index (χ0) is 14.2. The quantitative estimate of drug-likeness (QED) is 0.804. The summed E-state index contributed by atoms with van der Waals surface area (Å²) in [4.78, 5) is 1.31. The summed E-state index contributed by atoms with van der Waals surface area (Å²) in [5.41, 5.74) is 2.34. The molecular weight excluding hydrogens is 264 g/mol. The third-order valence-electron chi connectivity index (χ3n) is 6.44. The van der Waals surface area contributed by atoms with Gasteiger partial charge in [0, 0.05) is 10.3 Å². The van der Waals surface area contributed by atoms with Gasteiger partial charge in [0.15, 0.2) is 0 Å². The Balaban J connectivity index is 1.75. The van der Waals surface area contributed by atoms with Crippen LogP contribution in [0.2, 0.25) is 0 Å². The van der Waals surface area contributed by atoms with E-state index >= 15 is 0 Å². The summed E-state index contributed by atoms with van der Waals surface area (Å²) in [5.74, 6) is 0.856. The molecule has 0 spiro atoms. The lowest BCUT2D eigenvalue weighted by atomic mass is 9.39. The highest BCUT2D eigenvalue weighted by Gasteiger charge is 2.62. The Morgan fingerprint density at radius 3 is 2.30 bits per heavy atom. The van der Waals surface area contributed by atoms with Gasteiger partial charge in [-0.15, -0.1) is 11.3 Å². The smallest absolute Gasteiger partial charge is 0.0857 e. The topological polar surface area (TPSA) is 20.2 Å². The van der Waals surface area contributed by atoms with Crippen LogP contribution < -0.4 is 0 Å². The maximum Gasteiger partial charge on any atom is 0.0857 e. The van der Waals surface area contributed by atoms with Gasteiger partial charge in [0.2, 0.25) is 0 Å². The SMILES string of the molecule is Cc1sccc1C(O)C12CC3CC(C)(CC(C)(C3)C1)C2. The maximum atomic E-state index is 11.2. The van der Waals surface area contributed by atoms with Crippen molar-refractivity contribution in [2.75, 3.05) is 0 Å². The third-order valence-corrected chi connectivity index (χ3v) is 7.30. The molecule has 4 bridgehead atoms. The molecule has 1 heterocycles. The van der Waals surface area contributed by atoms with Gasteiger partial charge in [0.05, 0.1) is 6.10 Å². The molecule has 3 unspecified atom stereocenters. The second kappa shape index (κ2) is 3.89. The maximum absolute atomic E-state index is 11.2. The van der Waals surface area contributed by atoms with E-state index in [-0.39, 0.29) is 11.5 Å². The van der Waals surface area contributed by atoms with E-state index in [1.165, 1.54) is 49.0 Å². The van der Waals surface area contributed by atoms with Crippen LogP contribution in [0.3, 0.4) is 0 Å². The number of rotatable bonds is 2. The highest BCUT2D eigenvalue weighted by Crippen LogP contribution is 2.72. The van der Waals surface area contributed by atoms with Gasteiger partial charge in [-0.05, 0) is 79.2 Å². The normalized spacial score (nSPS) is 47.7. The van der Waals surface area contributed by atoms with Crippen LogP contribution in [0, 0.1) is 29.1 Å². The molecule has 4 fully saturated rings. The summed E-state index contributed by atoms with van der Waals surface area (Å²) < 4.78 is 0. The molecule has 0 amide bonds. The average Bonchev–Trinajstić information content (AvgIpc) is 2.69. The lowest BCUT2D eigenvalue weighted by molar-refractivity contribution is -0.187. The minimum absolute atomic E-state index is 0.161. The molecule has 1 aromatic rings. The van der Waals surface area contributed by atoms with Crippen molar-refractivity contribution in [3.63, 3.8) is 0 Å². The van der Waals surface area contributed by atoms with Crippen molar-refractivity contribution >= 4 is 11.3 Å². The lowest BCUT2D eigenvalue weighted by Gasteiger charge is -2.66. The lowest BCUT2D eigenvalue weighted by Crippen LogP contribution is -2.56. The predicted octanol–water partition coefficient (Wildman–Crippen LogP) is 5.09. The number of hydrogen-bond donors (Lipinski definition) is 1. The number of thiophene rings is 1. The molecule has 4 saturated carbocycles. The summed E-state index contributed by atoms with van der Waals surface area (Å²) >= 11 is 1.77. The fourth-order valence-electron chi connectivity index (χ4n) is 6.85. The van der Waals surface area contributed by atoms with E-state index in [0.29, 0.717) is 10.8 Å². The molecule has 4 aliphatic carbocycles. The van der Waals surface area contributed by atoms with Crippen molar-refractivity contribution in [3.05, 3.63) is 21.9 Å². The van der Waals surface area contributed by atoms with Gasteiger partial charge < -0.3 is 5.11 Å². The molecule has 1 N–H and O–H groups in total. The Morgan fingerprint density at radius 2 is 1.80 bits per heavy atom. The molecule has 3 atom stereocenters. The Labute approximate surface area is 126 Å². The van der Waals surface area contributed by atoms with Crippen LogP contribution in [-0.2, 0) is 0 Å². The number of hydrogen-bond acceptors (Lipinski definition) is 2. The molecule has 0 radical (unpaired) electrons. The minimum Gasteiger partial charge on any atom is -0.388 e. The van der Waals surface area contributed by atoms with Crippen LogP contribution in [0.4, 0.5) is 0 Å². The van der Waals surface area contributed by atoms with Crippen molar-refractivity contribution in [3.8, 4) is 0 Å². The van der Waals surface area contributed by atoms with Gasteiger partial charge in [0.1, 0.15) is 0 Å². The Bertz CT molecular complexity index is 527. The molecule has 2 heteroatoms. The van der Waals surface area contributed by atoms with Gasteiger partial charge in [-0.1, -0.05) is 13.8 Å². The molecule has 4 aliphatic rings. The molecule has 1 nitrogen and oxygen atoms in total. The fourth-order valence-corrected chi connectivity index (χ4v) is 7.58. The van der Waals surface area contributed by atoms with Crippen LogP contribution in [0.15, 0.2) is 11.4 Å². The molecule has 5 rings (SSSR count). The summed E-state index contributed by atoms with van der Waals surface area (Å²) in [6, 6.07) is 2.16. The fraction of sp³-hybridized carbons (Fsp3) is 0.778. The van der Waals surface area contributed by atoms with Crippen molar-refractivity contribution in [2.24, 2.45) is 22.2 Å². The Morgan fingerprint density at radius 1 is 1.15 bits per heavy atom. The first kappa shape index (κ1) is 13.3. The average molecular weight is 290 g/mol. The van der Waals surface area contributed by atoms with E-state index in [4.69, 9.17) is 0 Å². The molecule has 20 heavy (non-hydrogen) atoms. The molecule has 0 aliphatic heterocycles. The van der Waals surface area contributed by atoms with Crippen LogP contribution in [0.1, 0.15) is 68.9 Å². The zero-order valence-electron chi connectivity index (χ0n) is 12.9. The highest BCUT2D eigenvalue weighted by molar-refractivity contribution is 7.10. The zero-order valence-corrected chi connectivity index (χ0v) is 13.7. The summed E-state index contributed by atoms with van der Waals surface area (Å²) in [7, 11) is 0. The second-order valence-corrected chi connectivity index (χ2v) is 9.95. The minimum atomic E-state index is -0.240. The first-order valence-electron chi connectivity index (χ1n) is 8.05. The van der Waals surface area contributed by atoms with Gasteiger partial charge in [-0.3, -0.25) is 0 Å². The summed E-state index contributed by atoms with van der Waals surface area (Å²) in [6.07, 6.45) is 7.68. The van der Waals surface area contributed by atoms with E-state index in [9.17, 15) is 5.11 Å². The predicted molar refractivity (Wildman–Crippen MR) is 83.9 cm³/mol. The van der Waals surface area contributed by atoms with E-state index in [1.807, 2.05) is 0 Å². The van der Waals surface area contributed by atoms with Gasteiger partial charge in [0.25, 0.3) is 0 Å². The van der Waals surface area contributed by atoms with Gasteiger partial charge in [-0.25, -0.2) is 0 Å². The second-order valence-electron chi connectivity index (χ2n) is 8.83. The van der Waals surface area contributed by atoms with E-state index in [1.54, 1.807) is 11.3 Å². The van der Waals surface area contributed by atoms with E-state index < -0.39 is 0 Å². The number of aliphatic hydroxyl groups excluding tert-OH is 1. The monoisotopic (exact) mass is 290 g/mol. The molecule has 110 valence electrons. The standard InChI is InChI=1S/C18H26OS/c1-12-14(4-5-20-12)15(19)18-8-13-6-16(2,10-18)9-17(3,7-13)11-18/h4-5,13,15,19H,6-11H2,1-3H3. The van der Waals surface area contributed by atoms with E-state index in [2.05, 4.69) is 32.2 Å². The van der Waals surface area contributed by atoms with Crippen LogP contribution in [-0.4, -0.2) is 5.11 Å². The molecular formula is C18H26OS. The van der Waals surface area contributed by atoms with Crippen molar-refractivity contribution in [1.29, 1.82) is 0 Å². The Hall–Kier alpha value is -0.340. The van der Waals surface area contributed by atoms with E-state index in [0.717, 1.165) is 5.92 Å². The first-order chi connectivity index (χ1) is 9.33. The Kier molecular flexibility index (Phi) is 2.60. The third kappa shape index (κ3) is 1.77. The van der Waals surface area contributed by atoms with Crippen LogP contribution in [0.25, 0.3) is 0 Å². The van der Waals surface area contributed by atoms with Crippen molar-refractivity contribution in [1.82, 2.24) is 0 Å². The summed E-state index contributed by atoms with van der Waals surface area (Å²) in [6.45, 7) is 7.13. The van der Waals surface area contributed by atoms with Crippen molar-refractivity contribution < 1.29 is 5.11 Å². The van der Waals surface area contributed by atoms with Crippen molar-refractivity contribution in [2.45, 2.75) is 65.4 Å². The van der Waals surface area contributed by atoms with Gasteiger partial charge in [-0.2, -0.15) is 0 Å². The highest BCUT2D eigenvalue weighted by atomic mass is 32.1. The molecule has 0 aromatic carbocycles. The summed E-state index contributed by atoms with van der Waals surface area (Å²) in [5, 5.41) is 13.3. The molecule has 0 saturated heterocycles. The molecule has 1 aromatic heterocycles. The van der Waals surface area contributed by atoms with Crippen LogP contribution >= 0.6 is 11.3 Å². The largest absolute Gasteiger partial charge is 0.388 e. The number of aliphatic hydroxyl groups is 1.